The van der Waals surface area contributed by atoms with E-state index >= 15 is 0 Å². The fraction of sp³-hybridized carbons (Fsp3) is 0.111. The second-order valence-electron chi connectivity index (χ2n) is 16.0. The van der Waals surface area contributed by atoms with E-state index in [2.05, 4.69) is 172 Å². The van der Waals surface area contributed by atoms with Crippen LogP contribution in [0.1, 0.15) is 33.4 Å². The third kappa shape index (κ3) is 5.71. The number of para-hydroxylation sites is 1. The molecule has 4 heterocycles. The van der Waals surface area contributed by atoms with Crippen LogP contribution in [0.4, 0.5) is 0 Å². The van der Waals surface area contributed by atoms with Crippen molar-refractivity contribution in [3.63, 3.8) is 0 Å². The Morgan fingerprint density at radius 1 is 0.483 bits per heavy atom. The quantitative estimate of drug-likeness (QED) is 0.128. The molecule has 0 amide bonds. The number of hydrogen-bond acceptors (Lipinski definition) is 3. The molecule has 0 fully saturated rings. The largest absolute Gasteiger partial charge is 2.00 e. The Morgan fingerprint density at radius 2 is 1.02 bits per heavy atom. The van der Waals surface area contributed by atoms with Crippen LogP contribution in [0, 0.1) is 53.7 Å². The number of ether oxygens (including phenoxy) is 1. The van der Waals surface area contributed by atoms with Crippen LogP contribution in [0.2, 0.25) is 0 Å². The summed E-state index contributed by atoms with van der Waals surface area (Å²) >= 11 is 0. The minimum Gasteiger partial charge on any atom is -0.497 e. The Morgan fingerprint density at radius 3 is 1.63 bits per heavy atom. The van der Waals surface area contributed by atoms with Crippen molar-refractivity contribution in [1.82, 2.24) is 18.8 Å². The normalized spacial score (nSPS) is 11.7. The van der Waals surface area contributed by atoms with E-state index in [-0.39, 0.29) is 21.1 Å². The summed E-state index contributed by atoms with van der Waals surface area (Å²) in [5.41, 5.74) is 18.5. The standard InChI is InChI=1S/C54H40N4O.Pt/c1-31-12-9-13-32(2)50(31)43-28-42-40-23-21-37(26-45(40)53-55-24-25-57(53)48(42)29-44(43)51-33(3)14-10-15-34(51)4)59-38-20-22-39-41-18-7-8-19-47(41)58-49(30-56-54(58)46(39)27-38)52-35(5)16-11-17-36(52)6;/h7-25,28-30H,1-6H3;/q-2;+2. The van der Waals surface area contributed by atoms with Crippen molar-refractivity contribution in [2.75, 3.05) is 0 Å². The van der Waals surface area contributed by atoms with Crippen LogP contribution in [-0.4, -0.2) is 18.8 Å². The van der Waals surface area contributed by atoms with Crippen LogP contribution in [0.5, 0.6) is 11.5 Å². The second-order valence-corrected chi connectivity index (χ2v) is 16.0. The van der Waals surface area contributed by atoms with Crippen LogP contribution < -0.4 is 4.74 Å². The predicted molar refractivity (Wildman–Crippen MR) is 243 cm³/mol. The maximum Gasteiger partial charge on any atom is 2.00 e. The number of hydrogen-bond donors (Lipinski definition) is 0. The fourth-order valence-electron chi connectivity index (χ4n) is 9.63. The van der Waals surface area contributed by atoms with Crippen LogP contribution in [0.15, 0.2) is 134 Å². The van der Waals surface area contributed by atoms with E-state index in [1.807, 2.05) is 24.5 Å². The van der Waals surface area contributed by atoms with Crippen LogP contribution in [0.3, 0.4) is 0 Å². The van der Waals surface area contributed by atoms with E-state index in [4.69, 9.17) is 14.7 Å². The second kappa shape index (κ2) is 14.3. The first kappa shape index (κ1) is 37.7. The molecule has 0 aliphatic rings. The molecule has 5 nitrogen and oxygen atoms in total. The molecule has 0 aliphatic heterocycles. The number of nitrogens with zero attached hydrogens (tertiary/aromatic N) is 4. The van der Waals surface area contributed by atoms with Crippen LogP contribution in [-0.2, 0) is 21.1 Å². The van der Waals surface area contributed by atoms with E-state index in [0.717, 1.165) is 60.3 Å². The monoisotopic (exact) mass is 955 g/mol. The molecular weight excluding hydrogens is 916 g/mol. The first-order valence-electron chi connectivity index (χ1n) is 20.2. The van der Waals surface area contributed by atoms with Gasteiger partial charge in [-0.05, 0) is 120 Å². The van der Waals surface area contributed by atoms with Gasteiger partial charge >= 0.3 is 21.1 Å². The summed E-state index contributed by atoms with van der Waals surface area (Å²) in [5, 5.41) is 6.21. The Balaban J connectivity index is 0.00000433. The average molecular weight is 956 g/mol. The molecule has 292 valence electrons. The molecular formula is C54H40N4OPt. The molecule has 7 aromatic carbocycles. The first-order valence-corrected chi connectivity index (χ1v) is 20.2. The molecule has 11 rings (SSSR count). The molecule has 60 heavy (non-hydrogen) atoms. The minimum atomic E-state index is 0. The Bertz CT molecular complexity index is 3500. The molecule has 0 N–H and O–H groups in total. The molecule has 0 bridgehead atoms. The summed E-state index contributed by atoms with van der Waals surface area (Å²) in [4.78, 5) is 9.93. The first-order chi connectivity index (χ1) is 28.7. The van der Waals surface area contributed by atoms with Crippen molar-refractivity contribution in [3.05, 3.63) is 179 Å². The van der Waals surface area contributed by atoms with Crippen molar-refractivity contribution in [2.24, 2.45) is 0 Å². The van der Waals surface area contributed by atoms with E-state index in [0.29, 0.717) is 11.5 Å². The number of aryl methyl sites for hydroxylation is 6. The molecule has 4 aromatic heterocycles. The van der Waals surface area contributed by atoms with Gasteiger partial charge in [0, 0.05) is 46.7 Å². The smallest absolute Gasteiger partial charge is 0.497 e. The summed E-state index contributed by atoms with van der Waals surface area (Å²) < 4.78 is 11.1. The molecule has 0 unspecified atom stereocenters. The SMILES string of the molecule is Cc1cccc(C)c1-c1cc2c3ccc(Oc4[c-]c5c(cc4)c4ccccc4n4c(-c6c(C)cccc6C)cnc54)[c-]c3c3nccn3c2cc1-c1c(C)cccc1C.[Pt+2]. The van der Waals surface area contributed by atoms with Gasteiger partial charge in [-0.3, -0.25) is 9.97 Å². The number of imidazole rings is 2. The molecule has 0 spiro atoms. The Labute approximate surface area is 363 Å². The van der Waals surface area contributed by atoms with Gasteiger partial charge in [-0.1, -0.05) is 125 Å². The molecule has 0 saturated heterocycles. The van der Waals surface area contributed by atoms with Crippen molar-refractivity contribution < 1.29 is 25.8 Å². The van der Waals surface area contributed by atoms with Gasteiger partial charge < -0.3 is 13.5 Å². The number of rotatable bonds is 5. The van der Waals surface area contributed by atoms with Crippen molar-refractivity contribution in [3.8, 4) is 45.0 Å². The van der Waals surface area contributed by atoms with Crippen LogP contribution in [0.25, 0.3) is 88.2 Å². The van der Waals surface area contributed by atoms with Crippen LogP contribution >= 0.6 is 0 Å². The average Bonchev–Trinajstić information content (AvgIpc) is 3.90. The van der Waals surface area contributed by atoms with Gasteiger partial charge in [0.1, 0.15) is 0 Å². The third-order valence-electron chi connectivity index (χ3n) is 12.3. The molecule has 0 radical (unpaired) electrons. The van der Waals surface area contributed by atoms with Gasteiger partial charge in [0.25, 0.3) is 0 Å². The molecule has 6 heteroatoms. The fourth-order valence-corrected chi connectivity index (χ4v) is 9.63. The summed E-state index contributed by atoms with van der Waals surface area (Å²) in [6, 6.07) is 48.4. The van der Waals surface area contributed by atoms with Gasteiger partial charge in [0.2, 0.25) is 0 Å². The maximum atomic E-state index is 6.67. The molecule has 0 aliphatic carbocycles. The van der Waals surface area contributed by atoms with E-state index in [1.165, 1.54) is 61.2 Å². The zero-order valence-corrected chi connectivity index (χ0v) is 36.5. The van der Waals surface area contributed by atoms with E-state index < -0.39 is 0 Å². The van der Waals surface area contributed by atoms with Gasteiger partial charge in [-0.2, -0.15) is 0 Å². The number of benzene rings is 7. The molecule has 0 saturated carbocycles. The minimum absolute atomic E-state index is 0. The number of pyridine rings is 2. The van der Waals surface area contributed by atoms with Crippen molar-refractivity contribution >= 4 is 54.6 Å². The Hall–Kier alpha value is -6.55. The zero-order chi connectivity index (χ0) is 40.1. The summed E-state index contributed by atoms with van der Waals surface area (Å²) in [6.45, 7) is 13.2. The van der Waals surface area contributed by atoms with Gasteiger partial charge in [-0.15, -0.1) is 12.1 Å². The third-order valence-corrected chi connectivity index (χ3v) is 12.3. The molecule has 11 aromatic rings. The Kier molecular flexibility index (Phi) is 9.00. The predicted octanol–water partition coefficient (Wildman–Crippen LogP) is 13.8. The van der Waals surface area contributed by atoms with E-state index in [9.17, 15) is 0 Å². The topological polar surface area (TPSA) is 43.8 Å². The van der Waals surface area contributed by atoms with Gasteiger partial charge in [0.15, 0.2) is 0 Å². The number of aromatic nitrogens is 4. The molecule has 0 atom stereocenters. The zero-order valence-electron chi connectivity index (χ0n) is 34.2. The van der Waals surface area contributed by atoms with Crippen molar-refractivity contribution in [1.29, 1.82) is 0 Å². The summed E-state index contributed by atoms with van der Waals surface area (Å²) in [7, 11) is 0. The van der Waals surface area contributed by atoms with Gasteiger partial charge in [0.05, 0.1) is 17.0 Å². The maximum absolute atomic E-state index is 6.67. The summed E-state index contributed by atoms with van der Waals surface area (Å²) in [6.07, 6.45) is 5.92. The van der Waals surface area contributed by atoms with E-state index in [1.54, 1.807) is 0 Å². The van der Waals surface area contributed by atoms with Gasteiger partial charge in [-0.25, -0.2) is 0 Å². The summed E-state index contributed by atoms with van der Waals surface area (Å²) in [5.74, 6) is 1.19. The van der Waals surface area contributed by atoms with Crippen molar-refractivity contribution in [2.45, 2.75) is 41.5 Å². The number of fused-ring (bicyclic) bond motifs is 12.